The van der Waals surface area contributed by atoms with Crippen LogP contribution in [0.5, 0.6) is 5.75 Å². The van der Waals surface area contributed by atoms with Crippen LogP contribution in [0.2, 0.25) is 0 Å². The van der Waals surface area contributed by atoms with Gasteiger partial charge in [0.2, 0.25) is 5.95 Å². The number of piperidine rings is 1. The topological polar surface area (TPSA) is 130 Å². The van der Waals surface area contributed by atoms with Crippen LogP contribution in [0.3, 0.4) is 0 Å². The highest BCUT2D eigenvalue weighted by atomic mass is 16.5. The van der Waals surface area contributed by atoms with Gasteiger partial charge in [0.15, 0.2) is 6.61 Å². The van der Waals surface area contributed by atoms with E-state index in [2.05, 4.69) is 15.4 Å². The minimum Gasteiger partial charge on any atom is -0.484 e. The molecule has 2 aromatic rings. The molecule has 2 heterocycles. The first kappa shape index (κ1) is 18.6. The maximum absolute atomic E-state index is 12.1. The van der Waals surface area contributed by atoms with Crippen LogP contribution in [-0.2, 0) is 11.8 Å². The Labute approximate surface area is 155 Å². The largest absolute Gasteiger partial charge is 0.484 e. The Bertz CT molecular complexity index is 809. The van der Waals surface area contributed by atoms with Crippen molar-refractivity contribution >= 4 is 17.8 Å². The van der Waals surface area contributed by atoms with Crippen molar-refractivity contribution in [2.24, 2.45) is 7.05 Å². The number of carboxylic acid groups (broad SMARTS) is 1. The summed E-state index contributed by atoms with van der Waals surface area (Å²) in [5.41, 5.74) is 0. The number of benzene rings is 1. The zero-order chi connectivity index (χ0) is 19.4. The van der Waals surface area contributed by atoms with Crippen molar-refractivity contribution in [3.8, 4) is 5.75 Å². The molecule has 1 aromatic heterocycles. The lowest BCUT2D eigenvalue weighted by molar-refractivity contribution is -0.124. The maximum Gasteiger partial charge on any atom is 0.375 e. The van der Waals surface area contributed by atoms with E-state index in [9.17, 15) is 14.7 Å². The number of amides is 1. The predicted molar refractivity (Wildman–Crippen MR) is 94.7 cm³/mol. The average molecular weight is 375 g/mol. The second kappa shape index (κ2) is 8.04. The van der Waals surface area contributed by atoms with E-state index in [0.29, 0.717) is 24.7 Å². The van der Waals surface area contributed by atoms with E-state index in [1.54, 1.807) is 24.1 Å². The number of hydrogen-bond donors (Lipinski definition) is 3. The molecule has 0 spiro atoms. The number of aliphatic hydroxyl groups excluding tert-OH is 1. The molecular weight excluding hydrogens is 354 g/mol. The summed E-state index contributed by atoms with van der Waals surface area (Å²) in [6.07, 6.45) is -0.305. The van der Waals surface area contributed by atoms with Crippen LogP contribution in [0.25, 0.3) is 0 Å². The molecule has 1 fully saturated rings. The zero-order valence-electron chi connectivity index (χ0n) is 14.8. The molecule has 1 aliphatic heterocycles. The van der Waals surface area contributed by atoms with Crippen molar-refractivity contribution in [2.75, 3.05) is 24.6 Å². The lowest BCUT2D eigenvalue weighted by atomic mass is 10.0. The number of carbonyl (C=O) groups is 2. The summed E-state index contributed by atoms with van der Waals surface area (Å²) >= 11 is 0. The summed E-state index contributed by atoms with van der Waals surface area (Å²) in [4.78, 5) is 28.9. The van der Waals surface area contributed by atoms with Gasteiger partial charge in [-0.3, -0.25) is 4.79 Å². The highest BCUT2D eigenvalue weighted by Crippen LogP contribution is 2.18. The van der Waals surface area contributed by atoms with Crippen molar-refractivity contribution in [1.29, 1.82) is 0 Å². The van der Waals surface area contributed by atoms with Gasteiger partial charge in [-0.1, -0.05) is 18.2 Å². The molecule has 3 rings (SSSR count). The lowest BCUT2D eigenvalue weighted by Crippen LogP contribution is -2.54. The molecule has 0 unspecified atom stereocenters. The normalized spacial score (nSPS) is 19.6. The highest BCUT2D eigenvalue weighted by Gasteiger charge is 2.30. The molecule has 27 heavy (non-hydrogen) atoms. The Morgan fingerprint density at radius 3 is 2.70 bits per heavy atom. The Hall–Kier alpha value is -3.14. The minimum atomic E-state index is -1.22. The number of β-amino-alcohol motifs (C(OH)–C–C–N with tert-alkyl or cyclic N) is 1. The third kappa shape index (κ3) is 4.73. The number of para-hydroxylation sites is 1. The van der Waals surface area contributed by atoms with Crippen molar-refractivity contribution in [2.45, 2.75) is 18.6 Å². The number of nitrogens with one attached hydrogen (secondary N) is 1. The molecule has 10 heteroatoms. The number of rotatable bonds is 6. The number of aromatic nitrogens is 3. The first-order chi connectivity index (χ1) is 12.9. The molecule has 144 valence electrons. The molecular formula is C17H21N5O5. The van der Waals surface area contributed by atoms with Crippen LogP contribution in [0.1, 0.15) is 17.0 Å². The van der Waals surface area contributed by atoms with E-state index < -0.39 is 12.1 Å². The minimum absolute atomic E-state index is 0.135. The Morgan fingerprint density at radius 1 is 1.30 bits per heavy atom. The number of carboxylic acids is 1. The summed E-state index contributed by atoms with van der Waals surface area (Å²) in [6, 6.07) is 8.67. The maximum atomic E-state index is 12.1. The smallest absolute Gasteiger partial charge is 0.375 e. The number of anilines is 1. The summed E-state index contributed by atoms with van der Waals surface area (Å²) < 4.78 is 6.76. The fourth-order valence-corrected chi connectivity index (χ4v) is 3.02. The standard InChI is InChI=1S/C17H21N5O5/c1-21-17(19-15(20-21)16(25)26)22-8-11(7-12(23)9-22)18-14(24)10-27-13-5-3-2-4-6-13/h2-6,11-12,23H,7-10H2,1H3,(H,18,24)(H,25,26)/t11-,12+/m0/s1. The van der Waals surface area contributed by atoms with E-state index in [1.165, 1.54) is 4.68 Å². The zero-order valence-corrected chi connectivity index (χ0v) is 14.8. The third-order valence-electron chi connectivity index (χ3n) is 4.12. The Morgan fingerprint density at radius 2 is 2.04 bits per heavy atom. The molecule has 0 radical (unpaired) electrons. The van der Waals surface area contributed by atoms with Crippen molar-refractivity contribution < 1.29 is 24.5 Å². The summed E-state index contributed by atoms with van der Waals surface area (Å²) in [5, 5.41) is 25.8. The van der Waals surface area contributed by atoms with Crippen LogP contribution in [0, 0.1) is 0 Å². The van der Waals surface area contributed by atoms with Gasteiger partial charge in [-0.05, 0) is 18.6 Å². The van der Waals surface area contributed by atoms with E-state index in [-0.39, 0.29) is 30.9 Å². The SMILES string of the molecule is Cn1nc(C(=O)O)nc1N1C[C@H](O)C[C@H](NC(=O)COc2ccccc2)C1. The Kier molecular flexibility index (Phi) is 5.55. The fraction of sp³-hybridized carbons (Fsp3) is 0.412. The third-order valence-corrected chi connectivity index (χ3v) is 4.12. The van der Waals surface area contributed by atoms with Gasteiger partial charge in [-0.15, -0.1) is 5.10 Å². The van der Waals surface area contributed by atoms with E-state index in [1.807, 2.05) is 18.2 Å². The number of hydrogen-bond acceptors (Lipinski definition) is 7. The molecule has 10 nitrogen and oxygen atoms in total. The van der Waals surface area contributed by atoms with Gasteiger partial charge in [-0.25, -0.2) is 9.48 Å². The average Bonchev–Trinajstić information content (AvgIpc) is 3.02. The second-order valence-corrected chi connectivity index (χ2v) is 6.32. The van der Waals surface area contributed by atoms with Crippen LogP contribution < -0.4 is 15.0 Å². The molecule has 3 N–H and O–H groups in total. The number of ether oxygens (including phenoxy) is 1. The van der Waals surface area contributed by atoms with E-state index >= 15 is 0 Å². The van der Waals surface area contributed by atoms with Crippen molar-refractivity contribution in [1.82, 2.24) is 20.1 Å². The molecule has 0 bridgehead atoms. The molecule has 1 aliphatic rings. The van der Waals surface area contributed by atoms with Crippen molar-refractivity contribution in [3.63, 3.8) is 0 Å². The monoisotopic (exact) mass is 375 g/mol. The van der Waals surface area contributed by atoms with Gasteiger partial charge in [0.25, 0.3) is 11.7 Å². The number of carbonyl (C=O) groups excluding carboxylic acids is 1. The van der Waals surface area contributed by atoms with Crippen LogP contribution >= 0.6 is 0 Å². The number of nitrogens with zero attached hydrogens (tertiary/aromatic N) is 4. The number of aliphatic hydroxyl groups is 1. The Balaban J connectivity index is 1.60. The molecule has 2 atom stereocenters. The van der Waals surface area contributed by atoms with Gasteiger partial charge < -0.3 is 25.2 Å². The van der Waals surface area contributed by atoms with E-state index in [0.717, 1.165) is 0 Å². The molecule has 1 saturated heterocycles. The van der Waals surface area contributed by atoms with Crippen molar-refractivity contribution in [3.05, 3.63) is 36.2 Å². The van der Waals surface area contributed by atoms with Crippen LogP contribution in [0.15, 0.2) is 30.3 Å². The summed E-state index contributed by atoms with van der Waals surface area (Å²) in [6.45, 7) is 0.516. The van der Waals surface area contributed by atoms with E-state index in [4.69, 9.17) is 9.84 Å². The van der Waals surface area contributed by atoms with Gasteiger partial charge >= 0.3 is 5.97 Å². The number of aromatic carboxylic acids is 1. The summed E-state index contributed by atoms with van der Waals surface area (Å²) in [7, 11) is 1.58. The van der Waals surface area contributed by atoms with Crippen LogP contribution in [-0.4, -0.2) is 68.7 Å². The molecule has 1 aromatic carbocycles. The van der Waals surface area contributed by atoms with Gasteiger partial charge in [0.1, 0.15) is 5.75 Å². The van der Waals surface area contributed by atoms with Crippen LogP contribution in [0.4, 0.5) is 5.95 Å². The van der Waals surface area contributed by atoms with Gasteiger partial charge in [0.05, 0.1) is 6.10 Å². The molecule has 0 saturated carbocycles. The molecule has 1 amide bonds. The summed E-state index contributed by atoms with van der Waals surface area (Å²) in [5.74, 6) is -0.923. The second-order valence-electron chi connectivity index (χ2n) is 6.32. The highest BCUT2D eigenvalue weighted by molar-refractivity contribution is 5.83. The van der Waals surface area contributed by atoms with Gasteiger partial charge in [-0.2, -0.15) is 4.98 Å². The quantitative estimate of drug-likeness (QED) is 0.625. The first-order valence-corrected chi connectivity index (χ1v) is 8.47. The number of aryl methyl sites for hydroxylation is 1. The first-order valence-electron chi connectivity index (χ1n) is 8.47. The lowest BCUT2D eigenvalue weighted by Gasteiger charge is -2.36. The predicted octanol–water partition coefficient (Wildman–Crippen LogP) is -0.352. The van der Waals surface area contributed by atoms with Gasteiger partial charge in [0, 0.05) is 26.2 Å². The molecule has 0 aliphatic carbocycles. The fourth-order valence-electron chi connectivity index (χ4n) is 3.02.